The summed E-state index contributed by atoms with van der Waals surface area (Å²) in [5.74, 6) is 0.795. The van der Waals surface area contributed by atoms with Crippen LogP contribution < -0.4 is 11.1 Å². The molecule has 2 atom stereocenters. The maximum atomic E-state index is 8.65. The number of nitrogens with one attached hydrogen (secondary N) is 1. The van der Waals surface area contributed by atoms with Crippen molar-refractivity contribution in [1.29, 1.82) is 0 Å². The standard InChI is InChI=1S/C14H23N3O/c1-4-10(2)11(3)16-9-12-6-5-7-13(8-12)14(15)17-18/h5-8,10-11,16,18H,4,9H2,1-3H3,(H2,15,17). The largest absolute Gasteiger partial charge is 0.409 e. The van der Waals surface area contributed by atoms with Crippen molar-refractivity contribution < 1.29 is 5.21 Å². The van der Waals surface area contributed by atoms with Crippen LogP contribution in [0.5, 0.6) is 0 Å². The van der Waals surface area contributed by atoms with E-state index in [-0.39, 0.29) is 5.84 Å². The minimum Gasteiger partial charge on any atom is -0.409 e. The first kappa shape index (κ1) is 14.5. The molecule has 0 heterocycles. The van der Waals surface area contributed by atoms with Gasteiger partial charge in [-0.05, 0) is 24.5 Å². The smallest absolute Gasteiger partial charge is 0.170 e. The van der Waals surface area contributed by atoms with Gasteiger partial charge in [0.2, 0.25) is 0 Å². The number of hydrogen-bond acceptors (Lipinski definition) is 3. The Morgan fingerprint density at radius 1 is 1.44 bits per heavy atom. The molecule has 4 N–H and O–H groups in total. The van der Waals surface area contributed by atoms with Crippen LogP contribution >= 0.6 is 0 Å². The molecule has 0 aliphatic rings. The number of oxime groups is 1. The Balaban J connectivity index is 2.63. The van der Waals surface area contributed by atoms with Gasteiger partial charge in [0.15, 0.2) is 5.84 Å². The van der Waals surface area contributed by atoms with E-state index in [1.165, 1.54) is 6.42 Å². The molecule has 0 spiro atoms. The molecule has 1 aromatic rings. The maximum Gasteiger partial charge on any atom is 0.170 e. The third kappa shape index (κ3) is 4.04. The summed E-state index contributed by atoms with van der Waals surface area (Å²) in [5, 5.41) is 15.2. The summed E-state index contributed by atoms with van der Waals surface area (Å²) in [6, 6.07) is 8.19. The molecule has 0 fully saturated rings. The number of nitrogens with zero attached hydrogens (tertiary/aromatic N) is 1. The van der Waals surface area contributed by atoms with Crippen molar-refractivity contribution in [2.24, 2.45) is 16.8 Å². The molecule has 0 saturated heterocycles. The van der Waals surface area contributed by atoms with Crippen molar-refractivity contribution in [3.8, 4) is 0 Å². The van der Waals surface area contributed by atoms with Crippen LogP contribution in [-0.4, -0.2) is 17.1 Å². The van der Waals surface area contributed by atoms with Gasteiger partial charge in [0.1, 0.15) is 0 Å². The van der Waals surface area contributed by atoms with Gasteiger partial charge in [-0.1, -0.05) is 43.6 Å². The Morgan fingerprint density at radius 3 is 2.78 bits per heavy atom. The lowest BCUT2D eigenvalue weighted by Gasteiger charge is -2.20. The molecule has 0 aliphatic heterocycles. The Kier molecular flexibility index (Phi) is 5.65. The number of amidine groups is 1. The molecule has 0 bridgehead atoms. The van der Waals surface area contributed by atoms with E-state index in [1.807, 2.05) is 24.3 Å². The monoisotopic (exact) mass is 249 g/mol. The molecular weight excluding hydrogens is 226 g/mol. The van der Waals surface area contributed by atoms with E-state index >= 15 is 0 Å². The quantitative estimate of drug-likeness (QED) is 0.313. The van der Waals surface area contributed by atoms with Crippen molar-refractivity contribution in [3.63, 3.8) is 0 Å². The highest BCUT2D eigenvalue weighted by Crippen LogP contribution is 2.09. The van der Waals surface area contributed by atoms with Gasteiger partial charge in [-0.15, -0.1) is 0 Å². The minimum atomic E-state index is 0.145. The lowest BCUT2D eigenvalue weighted by molar-refractivity contribution is 0.318. The first-order valence-corrected chi connectivity index (χ1v) is 6.38. The fourth-order valence-electron chi connectivity index (χ4n) is 1.73. The van der Waals surface area contributed by atoms with Crippen molar-refractivity contribution in [1.82, 2.24) is 5.32 Å². The van der Waals surface area contributed by atoms with Crippen LogP contribution in [0, 0.1) is 5.92 Å². The van der Waals surface area contributed by atoms with Crippen molar-refractivity contribution in [3.05, 3.63) is 35.4 Å². The van der Waals surface area contributed by atoms with E-state index < -0.39 is 0 Å². The minimum absolute atomic E-state index is 0.145. The fourth-order valence-corrected chi connectivity index (χ4v) is 1.73. The van der Waals surface area contributed by atoms with Gasteiger partial charge in [-0.2, -0.15) is 0 Å². The number of benzene rings is 1. The Morgan fingerprint density at radius 2 is 2.17 bits per heavy atom. The maximum absolute atomic E-state index is 8.65. The molecule has 0 aliphatic carbocycles. The molecule has 4 heteroatoms. The number of rotatable bonds is 6. The molecule has 1 aromatic carbocycles. The summed E-state index contributed by atoms with van der Waals surface area (Å²) in [5.41, 5.74) is 7.45. The third-order valence-electron chi connectivity index (χ3n) is 3.46. The molecule has 100 valence electrons. The molecule has 0 saturated carbocycles. The number of nitrogens with two attached hydrogens (primary N) is 1. The molecule has 2 unspecified atom stereocenters. The van der Waals surface area contributed by atoms with Crippen molar-refractivity contribution in [2.75, 3.05) is 0 Å². The van der Waals surface area contributed by atoms with Crippen LogP contribution in [0.15, 0.2) is 29.4 Å². The summed E-state index contributed by atoms with van der Waals surface area (Å²) in [7, 11) is 0. The van der Waals surface area contributed by atoms with Gasteiger partial charge in [0, 0.05) is 18.2 Å². The number of hydrogen-bond donors (Lipinski definition) is 3. The Labute approximate surface area is 109 Å². The van der Waals surface area contributed by atoms with Gasteiger partial charge < -0.3 is 16.3 Å². The van der Waals surface area contributed by atoms with Gasteiger partial charge in [-0.25, -0.2) is 0 Å². The van der Waals surface area contributed by atoms with Gasteiger partial charge >= 0.3 is 0 Å². The second-order valence-electron chi connectivity index (χ2n) is 4.74. The van der Waals surface area contributed by atoms with Crippen LogP contribution in [0.1, 0.15) is 38.3 Å². The van der Waals surface area contributed by atoms with Crippen LogP contribution in [0.25, 0.3) is 0 Å². The Hall–Kier alpha value is -1.55. The molecule has 0 radical (unpaired) electrons. The van der Waals surface area contributed by atoms with Crippen LogP contribution in [0.3, 0.4) is 0 Å². The summed E-state index contributed by atoms with van der Waals surface area (Å²) >= 11 is 0. The highest BCUT2D eigenvalue weighted by atomic mass is 16.4. The van der Waals surface area contributed by atoms with E-state index in [4.69, 9.17) is 10.9 Å². The zero-order chi connectivity index (χ0) is 13.5. The Bertz CT molecular complexity index is 404. The molecule has 0 amide bonds. The molecule has 0 aromatic heterocycles. The normalized spacial score (nSPS) is 15.4. The van der Waals surface area contributed by atoms with E-state index in [2.05, 4.69) is 31.2 Å². The van der Waals surface area contributed by atoms with Crippen LogP contribution in [-0.2, 0) is 6.54 Å². The highest BCUT2D eigenvalue weighted by molar-refractivity contribution is 5.97. The summed E-state index contributed by atoms with van der Waals surface area (Å²) in [6.45, 7) is 7.42. The lowest BCUT2D eigenvalue weighted by atomic mass is 10.0. The lowest BCUT2D eigenvalue weighted by Crippen LogP contribution is -2.31. The van der Waals surface area contributed by atoms with Crippen molar-refractivity contribution >= 4 is 5.84 Å². The van der Waals surface area contributed by atoms with Gasteiger partial charge in [0.25, 0.3) is 0 Å². The zero-order valence-electron chi connectivity index (χ0n) is 11.4. The second-order valence-corrected chi connectivity index (χ2v) is 4.74. The first-order chi connectivity index (χ1) is 8.58. The predicted molar refractivity (Wildman–Crippen MR) is 74.7 cm³/mol. The zero-order valence-corrected chi connectivity index (χ0v) is 11.4. The SMILES string of the molecule is CCC(C)C(C)NCc1cccc(C(N)=NO)c1. The molecule has 1 rings (SSSR count). The van der Waals surface area contributed by atoms with E-state index in [0.717, 1.165) is 17.7 Å². The first-order valence-electron chi connectivity index (χ1n) is 6.38. The van der Waals surface area contributed by atoms with E-state index in [9.17, 15) is 0 Å². The molecule has 18 heavy (non-hydrogen) atoms. The van der Waals surface area contributed by atoms with E-state index in [0.29, 0.717) is 12.0 Å². The molecule has 4 nitrogen and oxygen atoms in total. The highest BCUT2D eigenvalue weighted by Gasteiger charge is 2.09. The van der Waals surface area contributed by atoms with Gasteiger partial charge in [-0.3, -0.25) is 0 Å². The summed E-state index contributed by atoms with van der Waals surface area (Å²) in [6.07, 6.45) is 1.17. The van der Waals surface area contributed by atoms with Crippen LogP contribution in [0.2, 0.25) is 0 Å². The molecular formula is C14H23N3O. The predicted octanol–water partition coefficient (Wildman–Crippen LogP) is 2.31. The van der Waals surface area contributed by atoms with Crippen molar-refractivity contribution in [2.45, 2.75) is 39.8 Å². The second kappa shape index (κ2) is 7.01. The van der Waals surface area contributed by atoms with Crippen LogP contribution in [0.4, 0.5) is 0 Å². The average Bonchev–Trinajstić information content (AvgIpc) is 2.43. The average molecular weight is 249 g/mol. The van der Waals surface area contributed by atoms with E-state index in [1.54, 1.807) is 0 Å². The topological polar surface area (TPSA) is 70.6 Å². The third-order valence-corrected chi connectivity index (χ3v) is 3.46. The van der Waals surface area contributed by atoms with Gasteiger partial charge in [0.05, 0.1) is 0 Å². The summed E-state index contributed by atoms with van der Waals surface area (Å²) in [4.78, 5) is 0. The fraction of sp³-hybridized carbons (Fsp3) is 0.500. The summed E-state index contributed by atoms with van der Waals surface area (Å²) < 4.78 is 0.